The van der Waals surface area contributed by atoms with Gasteiger partial charge < -0.3 is 9.84 Å². The molecule has 1 aromatic carbocycles. The molecule has 0 radical (unpaired) electrons. The van der Waals surface area contributed by atoms with Crippen molar-refractivity contribution in [3.05, 3.63) is 29.8 Å². The topological polar surface area (TPSA) is 49.8 Å². The van der Waals surface area contributed by atoms with Gasteiger partial charge in [-0.15, -0.1) is 0 Å². The van der Waals surface area contributed by atoms with Crippen molar-refractivity contribution in [2.75, 3.05) is 19.7 Å². The lowest BCUT2D eigenvalue weighted by Gasteiger charge is -2.27. The van der Waals surface area contributed by atoms with Gasteiger partial charge in [0.15, 0.2) is 0 Å². The van der Waals surface area contributed by atoms with Gasteiger partial charge in [-0.05, 0) is 37.6 Å². The Bertz CT molecular complexity index is 403. The van der Waals surface area contributed by atoms with Crippen LogP contribution in [0.2, 0.25) is 0 Å². The van der Waals surface area contributed by atoms with Crippen LogP contribution in [0.3, 0.4) is 0 Å². The lowest BCUT2D eigenvalue weighted by Crippen LogP contribution is -2.29. The van der Waals surface area contributed by atoms with Gasteiger partial charge in [0.05, 0.1) is 13.0 Å². The Morgan fingerprint density at radius 3 is 2.45 bits per heavy atom. The van der Waals surface area contributed by atoms with Gasteiger partial charge >= 0.3 is 5.97 Å². The second-order valence-corrected chi connectivity index (χ2v) is 4.87. The number of benzene rings is 1. The van der Waals surface area contributed by atoms with E-state index in [1.54, 1.807) is 0 Å². The number of aliphatic carboxylic acids is 1. The minimum Gasteiger partial charge on any atom is -0.494 e. The Morgan fingerprint density at radius 1 is 1.30 bits per heavy atom. The lowest BCUT2D eigenvalue weighted by atomic mass is 10.1. The predicted molar refractivity (Wildman–Crippen MR) is 80.1 cm³/mol. The van der Waals surface area contributed by atoms with Crippen molar-refractivity contribution in [3.63, 3.8) is 0 Å². The number of hydrogen-bond acceptors (Lipinski definition) is 3. The molecule has 20 heavy (non-hydrogen) atoms. The maximum Gasteiger partial charge on any atom is 0.304 e. The quantitative estimate of drug-likeness (QED) is 0.753. The SMILES string of the molecule is CCCOc1ccc(C(C)N(CC)CCC(=O)O)cc1. The van der Waals surface area contributed by atoms with Crippen LogP contribution in [-0.4, -0.2) is 35.7 Å². The maximum atomic E-state index is 10.7. The molecule has 112 valence electrons. The standard InChI is InChI=1S/C16H25NO3/c1-4-12-20-15-8-6-14(7-9-15)13(3)17(5-2)11-10-16(18)19/h6-9,13H,4-5,10-12H2,1-3H3,(H,18,19). The average Bonchev–Trinajstić information content (AvgIpc) is 2.45. The second-order valence-electron chi connectivity index (χ2n) is 4.87. The third-order valence-corrected chi connectivity index (χ3v) is 3.40. The Balaban J connectivity index is 2.64. The van der Waals surface area contributed by atoms with E-state index in [1.165, 1.54) is 5.56 Å². The van der Waals surface area contributed by atoms with Crippen LogP contribution in [0, 0.1) is 0 Å². The Labute approximate surface area is 121 Å². The molecule has 0 aliphatic carbocycles. The van der Waals surface area contributed by atoms with E-state index in [2.05, 4.69) is 37.8 Å². The summed E-state index contributed by atoms with van der Waals surface area (Å²) in [6, 6.07) is 8.27. The number of rotatable bonds is 9. The fraction of sp³-hybridized carbons (Fsp3) is 0.562. The van der Waals surface area contributed by atoms with E-state index in [1.807, 2.05) is 12.1 Å². The highest BCUT2D eigenvalue weighted by molar-refractivity contribution is 5.66. The summed E-state index contributed by atoms with van der Waals surface area (Å²) >= 11 is 0. The molecule has 0 fully saturated rings. The molecule has 0 saturated carbocycles. The molecule has 1 N–H and O–H groups in total. The van der Waals surface area contributed by atoms with Gasteiger partial charge in [0.1, 0.15) is 5.75 Å². The van der Waals surface area contributed by atoms with Crippen molar-refractivity contribution in [2.45, 2.75) is 39.7 Å². The second kappa shape index (κ2) is 8.59. The van der Waals surface area contributed by atoms with Crippen LogP contribution < -0.4 is 4.74 Å². The van der Waals surface area contributed by atoms with Crippen LogP contribution in [0.5, 0.6) is 5.75 Å². The van der Waals surface area contributed by atoms with E-state index in [0.29, 0.717) is 6.54 Å². The van der Waals surface area contributed by atoms with Crippen LogP contribution in [0.15, 0.2) is 24.3 Å². The van der Waals surface area contributed by atoms with E-state index >= 15 is 0 Å². The number of carboxylic acid groups (broad SMARTS) is 1. The molecule has 0 saturated heterocycles. The minimum absolute atomic E-state index is 0.176. The zero-order valence-electron chi connectivity index (χ0n) is 12.6. The highest BCUT2D eigenvalue weighted by Gasteiger charge is 2.15. The van der Waals surface area contributed by atoms with Gasteiger partial charge in [-0.1, -0.05) is 26.0 Å². The van der Waals surface area contributed by atoms with E-state index in [-0.39, 0.29) is 12.5 Å². The predicted octanol–water partition coefficient (Wildman–Crippen LogP) is 3.33. The molecule has 0 aromatic heterocycles. The number of nitrogens with zero attached hydrogens (tertiary/aromatic N) is 1. The van der Waals surface area contributed by atoms with Crippen LogP contribution in [-0.2, 0) is 4.79 Å². The Hall–Kier alpha value is -1.55. The maximum absolute atomic E-state index is 10.7. The fourth-order valence-corrected chi connectivity index (χ4v) is 2.14. The summed E-state index contributed by atoms with van der Waals surface area (Å²) in [5, 5.41) is 8.79. The van der Waals surface area contributed by atoms with Crippen molar-refractivity contribution in [3.8, 4) is 5.75 Å². The van der Waals surface area contributed by atoms with E-state index in [4.69, 9.17) is 9.84 Å². The molecule has 4 nitrogen and oxygen atoms in total. The smallest absolute Gasteiger partial charge is 0.304 e. The molecule has 1 aromatic rings. The minimum atomic E-state index is -0.751. The molecule has 0 heterocycles. The van der Waals surface area contributed by atoms with E-state index in [0.717, 1.165) is 25.3 Å². The number of carbonyl (C=O) groups is 1. The van der Waals surface area contributed by atoms with Gasteiger partial charge in [0.25, 0.3) is 0 Å². The highest BCUT2D eigenvalue weighted by Crippen LogP contribution is 2.22. The summed E-state index contributed by atoms with van der Waals surface area (Å²) in [6.07, 6.45) is 1.17. The molecular formula is C16H25NO3. The largest absolute Gasteiger partial charge is 0.494 e. The first-order valence-corrected chi connectivity index (χ1v) is 7.27. The first kappa shape index (κ1) is 16.5. The van der Waals surface area contributed by atoms with E-state index < -0.39 is 5.97 Å². The van der Waals surface area contributed by atoms with Crippen LogP contribution in [0.1, 0.15) is 45.2 Å². The number of ether oxygens (including phenoxy) is 1. The van der Waals surface area contributed by atoms with Crippen molar-refractivity contribution in [2.24, 2.45) is 0 Å². The number of hydrogen-bond donors (Lipinski definition) is 1. The first-order valence-electron chi connectivity index (χ1n) is 7.27. The molecule has 0 aliphatic heterocycles. The van der Waals surface area contributed by atoms with E-state index in [9.17, 15) is 4.79 Å². The summed E-state index contributed by atoms with van der Waals surface area (Å²) in [5.74, 6) is 0.135. The van der Waals surface area contributed by atoms with Crippen LogP contribution in [0.25, 0.3) is 0 Å². The van der Waals surface area contributed by atoms with Gasteiger partial charge in [-0.2, -0.15) is 0 Å². The normalized spacial score (nSPS) is 12.4. The highest BCUT2D eigenvalue weighted by atomic mass is 16.5. The lowest BCUT2D eigenvalue weighted by molar-refractivity contribution is -0.137. The zero-order chi connectivity index (χ0) is 15.0. The summed E-state index contributed by atoms with van der Waals surface area (Å²) in [7, 11) is 0. The monoisotopic (exact) mass is 279 g/mol. The Morgan fingerprint density at radius 2 is 1.95 bits per heavy atom. The van der Waals surface area contributed by atoms with Gasteiger partial charge in [0, 0.05) is 12.6 Å². The summed E-state index contributed by atoms with van der Waals surface area (Å²) in [5.41, 5.74) is 1.18. The summed E-state index contributed by atoms with van der Waals surface area (Å²) < 4.78 is 5.56. The third-order valence-electron chi connectivity index (χ3n) is 3.40. The number of carboxylic acids is 1. The molecule has 1 rings (SSSR count). The Kier molecular flexibility index (Phi) is 7.09. The molecule has 0 amide bonds. The summed E-state index contributed by atoms with van der Waals surface area (Å²) in [4.78, 5) is 12.8. The molecule has 0 spiro atoms. The van der Waals surface area contributed by atoms with Gasteiger partial charge in [-0.3, -0.25) is 9.69 Å². The molecular weight excluding hydrogens is 254 g/mol. The van der Waals surface area contributed by atoms with Crippen molar-refractivity contribution in [1.29, 1.82) is 0 Å². The van der Waals surface area contributed by atoms with Crippen LogP contribution >= 0.6 is 0 Å². The average molecular weight is 279 g/mol. The molecule has 4 heteroatoms. The third kappa shape index (κ3) is 5.21. The molecule has 0 aliphatic rings. The van der Waals surface area contributed by atoms with Crippen LogP contribution in [0.4, 0.5) is 0 Å². The van der Waals surface area contributed by atoms with Crippen molar-refractivity contribution in [1.82, 2.24) is 4.90 Å². The molecule has 0 bridgehead atoms. The molecule has 1 unspecified atom stereocenters. The molecule has 1 atom stereocenters. The van der Waals surface area contributed by atoms with Crippen molar-refractivity contribution < 1.29 is 14.6 Å². The first-order chi connectivity index (χ1) is 9.58. The van der Waals surface area contributed by atoms with Crippen molar-refractivity contribution >= 4 is 5.97 Å². The van der Waals surface area contributed by atoms with Gasteiger partial charge in [0.2, 0.25) is 0 Å². The van der Waals surface area contributed by atoms with Gasteiger partial charge in [-0.25, -0.2) is 0 Å². The zero-order valence-corrected chi connectivity index (χ0v) is 12.6. The summed E-state index contributed by atoms with van der Waals surface area (Å²) in [6.45, 7) is 8.38. The fourth-order valence-electron chi connectivity index (χ4n) is 2.14.